The first-order valence-corrected chi connectivity index (χ1v) is 53.4. The largest absolute Gasteiger partial charge is 0.309 e. The zero-order valence-corrected chi connectivity index (χ0v) is 93.3. The van der Waals surface area contributed by atoms with Gasteiger partial charge in [0.1, 0.15) is 0 Å². The zero-order chi connectivity index (χ0) is 95.9. The van der Waals surface area contributed by atoms with Crippen LogP contribution in [0.25, 0.3) is 0 Å². The molecule has 16 fully saturated rings. The Kier molecular flexibility index (Phi) is 44.0. The maximum absolute atomic E-state index is 2.70. The molecule has 13 atom stereocenters. The van der Waals surface area contributed by atoms with Crippen LogP contribution in [0.4, 0.5) is 0 Å². The number of nitrogens with zero attached hydrogens (tertiary/aromatic N) is 20. The van der Waals surface area contributed by atoms with Crippen LogP contribution in [0.3, 0.4) is 0 Å². The lowest BCUT2D eigenvalue weighted by molar-refractivity contribution is 0.00573. The molecule has 0 aliphatic carbocycles. The van der Waals surface area contributed by atoms with Crippen LogP contribution in [0.1, 0.15) is 285 Å². The van der Waals surface area contributed by atoms with Crippen LogP contribution >= 0.6 is 0 Å². The highest BCUT2D eigenvalue weighted by molar-refractivity contribution is 5.04. The van der Waals surface area contributed by atoms with Gasteiger partial charge >= 0.3 is 0 Å². The van der Waals surface area contributed by atoms with Crippen LogP contribution in [0.2, 0.25) is 0 Å². The van der Waals surface area contributed by atoms with Crippen molar-refractivity contribution >= 4 is 0 Å². The summed E-state index contributed by atoms with van der Waals surface area (Å²) in [6.07, 6.45) is 16.8. The van der Waals surface area contributed by atoms with Crippen LogP contribution < -0.4 is 0 Å². The summed E-state index contributed by atoms with van der Waals surface area (Å²) in [6.45, 7) is 112. The van der Waals surface area contributed by atoms with Gasteiger partial charge in [-0.15, -0.1) is 0 Å². The average Bonchev–Trinajstić information content (AvgIpc) is 1.57. The van der Waals surface area contributed by atoms with Crippen molar-refractivity contribution in [1.29, 1.82) is 0 Å². The zero-order valence-electron chi connectivity index (χ0n) is 93.3. The van der Waals surface area contributed by atoms with E-state index in [1.807, 2.05) is 0 Å². The standard InChI is InChI=1S/2C12H24N2.C12H26N2.3C11H22N2.C11H24N2.C10H20N2.2C9H20N2/c1-12(2,3)14-8-10-6-5-7-13(4)11(10)9-14;1-12(2,3)14-9-8-13-7-5-4-6-11(13)10-14;1-10-7-14(12(2,3)4)9-11(10)8-13(5)6;1-11(2,3)13-7-9-5-12(4)6-10(9)8-13;1-11(2,3)13-7-9-5-6-12(4)10(9)8-13;1-11(2,3)13-8-7-12-6-4-5-10(12)9-13;1-11(2,3)13-8-6-7-10(9-13)12(4)5;1-10(2,3)12-7-8-5-9(12)6-11(8)4;1-9(2,3)11-7-5-10(4)6-8-11;1-9(2)11-6-4-5-10(3)7-8-11/h10-11H,5-9H2,1-4H3;11H,4-10H2,1-3H3;10-11H,7-9H2,1-6H3;2*9-10H,5-8H2,1-4H3;10H,4-9H2,1-3H3;10H,6-9H2,1-5H3;8-9H,5-7H2,1-4H3;5-8H2,1-4H3;9H,4-8H2,1-3H3. The summed E-state index contributed by atoms with van der Waals surface area (Å²) in [4.78, 5) is 51.2. The molecule has 0 aromatic rings. The molecule has 0 N–H and O–H groups in total. The second-order valence-corrected chi connectivity index (χ2v) is 53.8. The smallest absolute Gasteiger partial charge is 0.0261 e. The van der Waals surface area contributed by atoms with Gasteiger partial charge in [0.25, 0.3) is 0 Å². The summed E-state index contributed by atoms with van der Waals surface area (Å²) < 4.78 is 0. The fraction of sp³-hybridized carbons (Fsp3) is 1.00. The molecule has 0 spiro atoms. The molecule has 20 heteroatoms. The van der Waals surface area contributed by atoms with Crippen molar-refractivity contribution in [3.8, 4) is 0 Å². The van der Waals surface area contributed by atoms with E-state index >= 15 is 0 Å². The molecular weight excluding hydrogens is 1580 g/mol. The number of hydrogen-bond donors (Lipinski definition) is 0. The fourth-order valence-corrected chi connectivity index (χ4v) is 23.8. The van der Waals surface area contributed by atoms with Crippen molar-refractivity contribution in [2.75, 3.05) is 286 Å². The first-order chi connectivity index (χ1) is 59.0. The monoisotopic (exact) mass is 1800 g/mol. The normalized spacial score (nSPS) is 31.9. The first kappa shape index (κ1) is 114. The van der Waals surface area contributed by atoms with Gasteiger partial charge in [0.15, 0.2) is 0 Å². The highest BCUT2D eigenvalue weighted by Gasteiger charge is 2.48. The van der Waals surface area contributed by atoms with E-state index in [0.717, 1.165) is 83.8 Å². The number of likely N-dealkylation sites (tertiary alicyclic amines) is 10. The predicted octanol–water partition coefficient (Wildman–Crippen LogP) is 15.0. The minimum absolute atomic E-state index is 0.342. The van der Waals surface area contributed by atoms with Crippen molar-refractivity contribution < 1.29 is 0 Å². The molecule has 20 nitrogen and oxygen atoms in total. The predicted molar refractivity (Wildman–Crippen MR) is 558 cm³/mol. The van der Waals surface area contributed by atoms with Crippen LogP contribution in [0.5, 0.6) is 0 Å². The summed E-state index contributed by atoms with van der Waals surface area (Å²) in [7, 11) is 22.2. The summed E-state index contributed by atoms with van der Waals surface area (Å²) in [6, 6.07) is 6.57. The third-order valence-corrected chi connectivity index (χ3v) is 33.4. The van der Waals surface area contributed by atoms with E-state index in [1.165, 1.54) is 293 Å². The first-order valence-electron chi connectivity index (χ1n) is 53.4. The van der Waals surface area contributed by atoms with Gasteiger partial charge in [0.2, 0.25) is 0 Å². The van der Waals surface area contributed by atoms with Crippen molar-refractivity contribution in [3.63, 3.8) is 0 Å². The van der Waals surface area contributed by atoms with Gasteiger partial charge < -0.3 is 39.2 Å². The number of fused-ring (bicyclic) bond motifs is 7. The highest BCUT2D eigenvalue weighted by atomic mass is 15.4. The van der Waals surface area contributed by atoms with Crippen LogP contribution in [-0.4, -0.2) is 483 Å². The summed E-state index contributed by atoms with van der Waals surface area (Å²) >= 11 is 0. The van der Waals surface area contributed by atoms with Crippen LogP contribution in [-0.2, 0) is 0 Å². The Morgan fingerprint density at radius 2 is 0.688 bits per heavy atom. The van der Waals surface area contributed by atoms with E-state index in [2.05, 4.69) is 376 Å². The Bertz CT molecular complexity index is 3000. The van der Waals surface area contributed by atoms with Crippen LogP contribution in [0.15, 0.2) is 0 Å². The van der Waals surface area contributed by atoms with Gasteiger partial charge in [-0.3, -0.25) is 58.8 Å². The molecule has 2 bridgehead atoms. The molecule has 756 valence electrons. The van der Waals surface area contributed by atoms with E-state index in [0.29, 0.717) is 49.9 Å². The second-order valence-electron chi connectivity index (χ2n) is 53.8. The van der Waals surface area contributed by atoms with E-state index in [9.17, 15) is 0 Å². The van der Waals surface area contributed by atoms with E-state index < -0.39 is 0 Å². The van der Waals surface area contributed by atoms with Crippen molar-refractivity contribution in [2.45, 2.75) is 383 Å². The number of likely N-dealkylation sites (N-methyl/N-ethyl adjacent to an activating group) is 6. The van der Waals surface area contributed by atoms with Crippen LogP contribution in [0, 0.1) is 35.5 Å². The van der Waals surface area contributed by atoms with Gasteiger partial charge in [-0.2, -0.15) is 0 Å². The van der Waals surface area contributed by atoms with Gasteiger partial charge in [-0.05, 0) is 423 Å². The lowest BCUT2D eigenvalue weighted by Gasteiger charge is -2.48. The Labute approximate surface area is 798 Å². The van der Waals surface area contributed by atoms with Gasteiger partial charge in [-0.25, -0.2) is 0 Å². The Morgan fingerprint density at radius 3 is 1.12 bits per heavy atom. The molecule has 0 amide bonds. The quantitative estimate of drug-likeness (QED) is 0.268. The molecular formula is C108H224N20. The summed E-state index contributed by atoms with van der Waals surface area (Å²) in [5, 5.41) is 0. The Balaban J connectivity index is 0.000000195. The molecule has 0 aromatic carbocycles. The minimum atomic E-state index is 0.342. The number of rotatable bonds is 4. The van der Waals surface area contributed by atoms with E-state index in [-0.39, 0.29) is 0 Å². The van der Waals surface area contributed by atoms with Gasteiger partial charge in [-0.1, -0.05) is 13.3 Å². The van der Waals surface area contributed by atoms with E-state index in [1.54, 1.807) is 0 Å². The van der Waals surface area contributed by atoms with Gasteiger partial charge in [0.05, 0.1) is 0 Å². The maximum Gasteiger partial charge on any atom is 0.0261 e. The lowest BCUT2D eigenvalue weighted by atomic mass is 9.93. The molecule has 16 aliphatic heterocycles. The number of piperidine rings is 3. The molecule has 16 saturated heterocycles. The molecule has 0 aromatic heterocycles. The lowest BCUT2D eigenvalue weighted by Crippen LogP contribution is -2.59. The Morgan fingerprint density at radius 1 is 0.273 bits per heavy atom. The van der Waals surface area contributed by atoms with Gasteiger partial charge in [0, 0.05) is 268 Å². The highest BCUT2D eigenvalue weighted by Crippen LogP contribution is 2.39. The molecule has 16 aliphatic rings. The molecule has 16 rings (SSSR count). The molecule has 0 saturated carbocycles. The average molecular weight is 1800 g/mol. The second kappa shape index (κ2) is 49.4. The summed E-state index contributed by atoms with van der Waals surface area (Å²) in [5.74, 6) is 5.48. The molecule has 128 heavy (non-hydrogen) atoms. The fourth-order valence-electron chi connectivity index (χ4n) is 23.8. The van der Waals surface area contributed by atoms with Crippen molar-refractivity contribution in [1.82, 2.24) is 98.0 Å². The topological polar surface area (TPSA) is 64.8 Å². The molecule has 16 heterocycles. The van der Waals surface area contributed by atoms with Crippen molar-refractivity contribution in [3.05, 3.63) is 0 Å². The Hall–Kier alpha value is -0.800. The third kappa shape index (κ3) is 36.4. The molecule has 13 unspecified atom stereocenters. The maximum atomic E-state index is 2.70. The SMILES string of the molecule is CC(C)(C)N1CCN2CCCC2C1.CC(C)(C)N1CCN2CCCCC2C1.CC(C)N1CCCN(C)CC1.CC1CN(C(C)(C)C)CC1CN(C)C.CN(C)C1CCCN(C(C)(C)C)C1.CN1CC2CC1CN2C(C)(C)C.CN1CC2CN(C(C)(C)C)CC2C1.CN1CCC2CN(C(C)(C)C)CC21.CN1CCCC2CN(C(C)(C)C)CC21.CN1CCN(C(C)(C)C)CC1. The number of piperazine rings is 4. The van der Waals surface area contributed by atoms with E-state index in [4.69, 9.17) is 0 Å². The summed E-state index contributed by atoms with van der Waals surface area (Å²) in [5.41, 5.74) is 3.26. The van der Waals surface area contributed by atoms with Crippen molar-refractivity contribution in [2.24, 2.45) is 35.5 Å². The minimum Gasteiger partial charge on any atom is -0.309 e. The number of hydrogen-bond acceptors (Lipinski definition) is 20. The third-order valence-electron chi connectivity index (χ3n) is 33.4. The molecule has 0 radical (unpaired) electrons.